The summed E-state index contributed by atoms with van der Waals surface area (Å²) in [4.78, 5) is 16.8. The number of hydrogen-bond donors (Lipinski definition) is 1. The summed E-state index contributed by atoms with van der Waals surface area (Å²) in [5.74, 6) is -0.379. The standard InChI is InChI=1S/C9H8N2O2S2/c10-7-1-2-14-8(7)9(12)13-4-6-3-11-5-15-6/h1-3,5H,4,10H2. The Morgan fingerprint density at radius 3 is 3.00 bits per heavy atom. The molecule has 0 unspecified atom stereocenters. The highest BCUT2D eigenvalue weighted by atomic mass is 32.1. The van der Waals surface area contributed by atoms with Gasteiger partial charge in [0, 0.05) is 6.20 Å². The van der Waals surface area contributed by atoms with Crippen LogP contribution in [0.4, 0.5) is 5.69 Å². The smallest absolute Gasteiger partial charge is 0.350 e. The average molecular weight is 240 g/mol. The highest BCUT2D eigenvalue weighted by Crippen LogP contribution is 2.20. The second kappa shape index (κ2) is 4.41. The quantitative estimate of drug-likeness (QED) is 0.835. The number of nitrogen functional groups attached to an aromatic ring is 1. The summed E-state index contributed by atoms with van der Waals surface area (Å²) in [5, 5.41) is 1.76. The number of aromatic nitrogens is 1. The van der Waals surface area contributed by atoms with Crippen LogP contribution in [0.25, 0.3) is 0 Å². The monoisotopic (exact) mass is 240 g/mol. The number of hydrogen-bond acceptors (Lipinski definition) is 6. The van der Waals surface area contributed by atoms with Crippen LogP contribution in [0, 0.1) is 0 Å². The summed E-state index contributed by atoms with van der Waals surface area (Å²) >= 11 is 2.73. The zero-order valence-corrected chi connectivity index (χ0v) is 9.31. The topological polar surface area (TPSA) is 65.2 Å². The third-order valence-corrected chi connectivity index (χ3v) is 3.37. The van der Waals surface area contributed by atoms with Gasteiger partial charge >= 0.3 is 5.97 Å². The van der Waals surface area contributed by atoms with Gasteiger partial charge in [0.05, 0.1) is 16.1 Å². The molecular formula is C9H8N2O2S2. The van der Waals surface area contributed by atoms with Crippen molar-refractivity contribution < 1.29 is 9.53 Å². The van der Waals surface area contributed by atoms with Gasteiger partial charge < -0.3 is 10.5 Å². The van der Waals surface area contributed by atoms with Crippen LogP contribution in [-0.2, 0) is 11.3 Å². The van der Waals surface area contributed by atoms with E-state index in [9.17, 15) is 4.79 Å². The van der Waals surface area contributed by atoms with E-state index in [-0.39, 0.29) is 12.6 Å². The Morgan fingerprint density at radius 2 is 2.40 bits per heavy atom. The van der Waals surface area contributed by atoms with E-state index < -0.39 is 0 Å². The molecule has 2 rings (SSSR count). The first-order chi connectivity index (χ1) is 7.27. The maximum atomic E-state index is 11.5. The maximum Gasteiger partial charge on any atom is 0.350 e. The Balaban J connectivity index is 1.96. The van der Waals surface area contributed by atoms with E-state index in [1.54, 1.807) is 23.2 Å². The molecular weight excluding hydrogens is 232 g/mol. The number of anilines is 1. The minimum absolute atomic E-state index is 0.251. The summed E-state index contributed by atoms with van der Waals surface area (Å²) in [6.45, 7) is 0.251. The summed E-state index contributed by atoms with van der Waals surface area (Å²) < 4.78 is 5.07. The van der Waals surface area contributed by atoms with Gasteiger partial charge in [-0.05, 0) is 11.4 Å². The highest BCUT2D eigenvalue weighted by Gasteiger charge is 2.12. The van der Waals surface area contributed by atoms with Crippen molar-refractivity contribution >= 4 is 34.3 Å². The lowest BCUT2D eigenvalue weighted by Gasteiger charge is -2.01. The molecule has 0 saturated carbocycles. The second-order valence-corrected chi connectivity index (χ2v) is 4.64. The summed E-state index contributed by atoms with van der Waals surface area (Å²) in [7, 11) is 0. The Hall–Kier alpha value is -1.40. The van der Waals surface area contributed by atoms with E-state index in [0.29, 0.717) is 10.6 Å². The molecule has 2 heterocycles. The van der Waals surface area contributed by atoms with Crippen LogP contribution in [0.3, 0.4) is 0 Å². The zero-order chi connectivity index (χ0) is 10.7. The van der Waals surface area contributed by atoms with Crippen LogP contribution in [0.15, 0.2) is 23.2 Å². The molecule has 0 amide bonds. The summed E-state index contributed by atoms with van der Waals surface area (Å²) in [6.07, 6.45) is 1.68. The van der Waals surface area contributed by atoms with Gasteiger partial charge in [-0.15, -0.1) is 22.7 Å². The van der Waals surface area contributed by atoms with Crippen LogP contribution in [0.5, 0.6) is 0 Å². The maximum absolute atomic E-state index is 11.5. The molecule has 2 aromatic heterocycles. The van der Waals surface area contributed by atoms with Gasteiger partial charge in [-0.1, -0.05) is 0 Å². The average Bonchev–Trinajstić information content (AvgIpc) is 2.84. The fraction of sp³-hybridized carbons (Fsp3) is 0.111. The molecule has 15 heavy (non-hydrogen) atoms. The lowest BCUT2D eigenvalue weighted by molar-refractivity contribution is 0.0483. The first-order valence-corrected chi connectivity index (χ1v) is 5.91. The van der Waals surface area contributed by atoms with Crippen molar-refractivity contribution in [2.45, 2.75) is 6.61 Å². The van der Waals surface area contributed by atoms with Gasteiger partial charge in [-0.25, -0.2) is 4.79 Å². The van der Waals surface area contributed by atoms with Crippen molar-refractivity contribution in [3.8, 4) is 0 Å². The molecule has 2 N–H and O–H groups in total. The first-order valence-electron chi connectivity index (χ1n) is 4.15. The molecule has 0 radical (unpaired) electrons. The van der Waals surface area contributed by atoms with Gasteiger partial charge in [0.1, 0.15) is 11.5 Å². The lowest BCUT2D eigenvalue weighted by Crippen LogP contribution is -2.04. The van der Waals surface area contributed by atoms with E-state index >= 15 is 0 Å². The molecule has 0 saturated heterocycles. The van der Waals surface area contributed by atoms with Gasteiger partial charge in [0.2, 0.25) is 0 Å². The number of ether oxygens (including phenoxy) is 1. The van der Waals surface area contributed by atoms with Gasteiger partial charge in [0.15, 0.2) is 0 Å². The highest BCUT2D eigenvalue weighted by molar-refractivity contribution is 7.12. The minimum atomic E-state index is -0.379. The molecule has 0 bridgehead atoms. The van der Waals surface area contributed by atoms with Crippen LogP contribution in [0.1, 0.15) is 14.5 Å². The normalized spacial score (nSPS) is 10.1. The number of thiazole rings is 1. The molecule has 0 aliphatic rings. The SMILES string of the molecule is Nc1ccsc1C(=O)OCc1cncs1. The summed E-state index contributed by atoms with van der Waals surface area (Å²) in [5.41, 5.74) is 7.75. The predicted octanol–water partition coefficient (Wildman–Crippen LogP) is 2.14. The fourth-order valence-corrected chi connectivity index (χ4v) is 2.22. The molecule has 0 fully saturated rings. The molecule has 78 valence electrons. The van der Waals surface area contributed by atoms with Crippen LogP contribution >= 0.6 is 22.7 Å². The Labute approximate surface area is 94.3 Å². The molecule has 0 aromatic carbocycles. The van der Waals surface area contributed by atoms with Crippen molar-refractivity contribution in [1.82, 2.24) is 4.98 Å². The number of carbonyl (C=O) groups excluding carboxylic acids is 1. The Morgan fingerprint density at radius 1 is 1.53 bits per heavy atom. The molecule has 4 nitrogen and oxygen atoms in total. The third kappa shape index (κ3) is 2.34. The zero-order valence-electron chi connectivity index (χ0n) is 7.67. The number of esters is 1. The van der Waals surface area contributed by atoms with Crippen molar-refractivity contribution in [2.75, 3.05) is 5.73 Å². The van der Waals surface area contributed by atoms with Crippen LogP contribution in [0.2, 0.25) is 0 Å². The summed E-state index contributed by atoms with van der Waals surface area (Å²) in [6, 6.07) is 1.69. The van der Waals surface area contributed by atoms with Gasteiger partial charge in [0.25, 0.3) is 0 Å². The molecule has 2 aromatic rings. The van der Waals surface area contributed by atoms with E-state index in [1.807, 2.05) is 0 Å². The van der Waals surface area contributed by atoms with E-state index in [0.717, 1.165) is 4.88 Å². The van der Waals surface area contributed by atoms with Gasteiger partial charge in [-0.2, -0.15) is 0 Å². The van der Waals surface area contributed by atoms with Crippen molar-refractivity contribution in [3.05, 3.63) is 32.9 Å². The number of nitrogens with zero attached hydrogens (tertiary/aromatic N) is 1. The van der Waals surface area contributed by atoms with E-state index in [1.165, 1.54) is 22.7 Å². The Bertz CT molecular complexity index is 450. The van der Waals surface area contributed by atoms with Crippen molar-refractivity contribution in [1.29, 1.82) is 0 Å². The molecule has 0 atom stereocenters. The largest absolute Gasteiger partial charge is 0.456 e. The van der Waals surface area contributed by atoms with Crippen LogP contribution < -0.4 is 5.73 Å². The van der Waals surface area contributed by atoms with Crippen LogP contribution in [-0.4, -0.2) is 11.0 Å². The molecule has 0 spiro atoms. The third-order valence-electron chi connectivity index (χ3n) is 1.71. The number of thiophene rings is 1. The number of nitrogens with two attached hydrogens (primary N) is 1. The van der Waals surface area contributed by atoms with Crippen molar-refractivity contribution in [2.24, 2.45) is 0 Å². The molecule has 0 aliphatic carbocycles. The first kappa shape index (κ1) is 10.1. The van der Waals surface area contributed by atoms with E-state index in [2.05, 4.69) is 4.98 Å². The molecule has 6 heteroatoms. The number of rotatable bonds is 3. The van der Waals surface area contributed by atoms with Crippen molar-refractivity contribution in [3.63, 3.8) is 0 Å². The number of carbonyl (C=O) groups is 1. The fourth-order valence-electron chi connectivity index (χ4n) is 1.00. The lowest BCUT2D eigenvalue weighted by atomic mass is 10.4. The van der Waals surface area contributed by atoms with E-state index in [4.69, 9.17) is 10.5 Å². The van der Waals surface area contributed by atoms with Gasteiger partial charge in [-0.3, -0.25) is 4.98 Å². The molecule has 0 aliphatic heterocycles. The minimum Gasteiger partial charge on any atom is -0.456 e. The predicted molar refractivity (Wildman–Crippen MR) is 60.0 cm³/mol. The Kier molecular flexibility index (Phi) is 2.98. The second-order valence-electron chi connectivity index (χ2n) is 2.75.